The van der Waals surface area contributed by atoms with Gasteiger partial charge in [0, 0.05) is 5.56 Å². The van der Waals surface area contributed by atoms with E-state index < -0.39 is 44.8 Å². The zero-order valence-corrected chi connectivity index (χ0v) is 17.2. The molecule has 0 atom stereocenters. The van der Waals surface area contributed by atoms with Crippen molar-refractivity contribution in [2.75, 3.05) is 0 Å². The van der Waals surface area contributed by atoms with E-state index in [-0.39, 0.29) is 22.0 Å². The summed E-state index contributed by atoms with van der Waals surface area (Å²) in [6.45, 7) is 0. The second-order valence-electron chi connectivity index (χ2n) is 6.28. The molecular weight excluding hydrogens is 506 g/mol. The third-order valence-electron chi connectivity index (χ3n) is 4.07. The minimum Gasteiger partial charge on any atom is -0.478 e. The number of para-hydroxylation sites is 1. The molecule has 3 rings (SSSR count). The molecule has 0 fully saturated rings. The predicted molar refractivity (Wildman–Crippen MR) is 102 cm³/mol. The number of aromatic carboxylic acids is 1. The van der Waals surface area contributed by atoms with E-state index in [0.29, 0.717) is 18.2 Å². The van der Waals surface area contributed by atoms with Crippen LogP contribution in [0.2, 0.25) is 5.02 Å². The lowest BCUT2D eigenvalue weighted by atomic mass is 10.1. The molecule has 0 amide bonds. The molecule has 0 unspecified atom stereocenters. The van der Waals surface area contributed by atoms with Gasteiger partial charge in [-0.2, -0.15) is 39.9 Å². The minimum atomic E-state index is -6.20. The van der Waals surface area contributed by atoms with Crippen LogP contribution < -0.4 is 4.18 Å². The second kappa shape index (κ2) is 8.26. The van der Waals surface area contributed by atoms with Crippen molar-refractivity contribution in [2.45, 2.75) is 11.7 Å². The zero-order chi connectivity index (χ0) is 24.8. The van der Waals surface area contributed by atoms with Crippen LogP contribution in [0.4, 0.5) is 26.3 Å². The monoisotopic (exact) mass is 514 g/mol. The number of carbonyl (C=O) groups is 1. The quantitative estimate of drug-likeness (QED) is 0.288. The van der Waals surface area contributed by atoms with Crippen LogP contribution >= 0.6 is 11.6 Å². The molecule has 7 nitrogen and oxygen atoms in total. The van der Waals surface area contributed by atoms with E-state index in [9.17, 15) is 44.7 Å². The van der Waals surface area contributed by atoms with Gasteiger partial charge in [0.25, 0.3) is 0 Å². The van der Waals surface area contributed by atoms with Gasteiger partial charge in [0.2, 0.25) is 0 Å². The maximum absolute atomic E-state index is 13.3. The zero-order valence-electron chi connectivity index (χ0n) is 15.6. The molecule has 176 valence electrons. The SMILES string of the molecule is O=C(O)c1cc(-c2cc(C(F)(F)F)nn2-c2ccccc2Cl)ccc1OS(=O)(=O)C(F)(F)F. The van der Waals surface area contributed by atoms with Crippen LogP contribution in [0.25, 0.3) is 16.9 Å². The van der Waals surface area contributed by atoms with Crippen LogP contribution in [0, 0.1) is 0 Å². The topological polar surface area (TPSA) is 98.5 Å². The molecule has 1 N–H and O–H groups in total. The van der Waals surface area contributed by atoms with Crippen molar-refractivity contribution in [1.29, 1.82) is 0 Å². The van der Waals surface area contributed by atoms with E-state index in [4.69, 9.17) is 11.6 Å². The van der Waals surface area contributed by atoms with E-state index >= 15 is 0 Å². The van der Waals surface area contributed by atoms with Crippen LogP contribution in [0.5, 0.6) is 5.75 Å². The minimum absolute atomic E-state index is 0.00902. The maximum Gasteiger partial charge on any atom is 0.534 e. The summed E-state index contributed by atoms with van der Waals surface area (Å²) in [6.07, 6.45) is -4.90. The number of nitrogens with zero attached hydrogens (tertiary/aromatic N) is 2. The molecule has 0 aliphatic heterocycles. The summed E-state index contributed by atoms with van der Waals surface area (Å²) in [5.41, 5.74) is -8.86. The largest absolute Gasteiger partial charge is 0.534 e. The molecule has 3 aromatic rings. The standard InChI is InChI=1S/C18H9ClF6N2O5S/c19-11-3-1-2-4-12(11)27-13(8-15(26-27)17(20,21)22)9-5-6-14(10(7-9)16(28)29)32-33(30,31)18(23,24)25/h1-8H,(H,28,29). The Morgan fingerprint density at radius 3 is 2.21 bits per heavy atom. The molecule has 0 spiro atoms. The first kappa shape index (κ1) is 24.4. The molecule has 0 saturated carbocycles. The van der Waals surface area contributed by atoms with E-state index in [1.54, 1.807) is 0 Å². The molecule has 0 radical (unpaired) electrons. The Labute approximate surface area is 185 Å². The van der Waals surface area contributed by atoms with E-state index in [2.05, 4.69) is 9.28 Å². The van der Waals surface area contributed by atoms with Crippen LogP contribution in [0.15, 0.2) is 48.5 Å². The van der Waals surface area contributed by atoms with Crippen LogP contribution in [-0.4, -0.2) is 34.8 Å². The molecule has 1 aromatic heterocycles. The van der Waals surface area contributed by atoms with Crippen molar-refractivity contribution < 1.29 is 48.8 Å². The van der Waals surface area contributed by atoms with Crippen molar-refractivity contribution in [3.05, 3.63) is 64.8 Å². The number of benzene rings is 2. The van der Waals surface area contributed by atoms with Crippen molar-refractivity contribution in [3.63, 3.8) is 0 Å². The average Bonchev–Trinajstić information content (AvgIpc) is 3.13. The Hall–Kier alpha value is -3.26. The molecule has 0 aliphatic carbocycles. The maximum atomic E-state index is 13.3. The fourth-order valence-electron chi connectivity index (χ4n) is 2.63. The van der Waals surface area contributed by atoms with Crippen molar-refractivity contribution in [1.82, 2.24) is 9.78 Å². The number of alkyl halides is 6. The van der Waals surface area contributed by atoms with Gasteiger partial charge in [-0.05, 0) is 36.4 Å². The molecule has 2 aromatic carbocycles. The van der Waals surface area contributed by atoms with Gasteiger partial charge in [0.1, 0.15) is 5.56 Å². The number of hydrogen-bond donors (Lipinski definition) is 1. The lowest BCUT2D eigenvalue weighted by molar-refractivity contribution is -0.141. The lowest BCUT2D eigenvalue weighted by Crippen LogP contribution is -2.28. The fourth-order valence-corrected chi connectivity index (χ4v) is 3.32. The van der Waals surface area contributed by atoms with Gasteiger partial charge in [-0.3, -0.25) is 0 Å². The molecule has 0 bridgehead atoms. The highest BCUT2D eigenvalue weighted by atomic mass is 35.5. The Bertz CT molecular complexity index is 1330. The number of halogens is 7. The first-order valence-corrected chi connectivity index (χ1v) is 10.2. The predicted octanol–water partition coefficient (Wildman–Crippen LogP) is 5.14. The summed E-state index contributed by atoms with van der Waals surface area (Å²) in [4.78, 5) is 11.5. The van der Waals surface area contributed by atoms with E-state index in [1.165, 1.54) is 24.3 Å². The van der Waals surface area contributed by atoms with Gasteiger partial charge in [-0.15, -0.1) is 0 Å². The van der Waals surface area contributed by atoms with Gasteiger partial charge in [0.15, 0.2) is 11.4 Å². The Kier molecular flexibility index (Phi) is 6.10. The third-order valence-corrected chi connectivity index (χ3v) is 5.35. The van der Waals surface area contributed by atoms with Crippen LogP contribution in [0.3, 0.4) is 0 Å². The summed E-state index contributed by atoms with van der Waals surface area (Å²) >= 11 is 6.03. The Morgan fingerprint density at radius 1 is 1.03 bits per heavy atom. The number of aromatic nitrogens is 2. The third kappa shape index (κ3) is 4.90. The normalized spacial score (nSPS) is 12.6. The van der Waals surface area contributed by atoms with Crippen LogP contribution in [-0.2, 0) is 16.3 Å². The molecule has 0 saturated heterocycles. The summed E-state index contributed by atoms with van der Waals surface area (Å²) in [5, 5.41) is 12.8. The molecular formula is C18H9ClF6N2O5S. The Morgan fingerprint density at radius 2 is 1.67 bits per heavy atom. The second-order valence-corrected chi connectivity index (χ2v) is 8.22. The lowest BCUT2D eigenvalue weighted by Gasteiger charge is -2.13. The van der Waals surface area contributed by atoms with E-state index in [1.807, 2.05) is 0 Å². The summed E-state index contributed by atoms with van der Waals surface area (Å²) in [7, 11) is -6.20. The van der Waals surface area contributed by atoms with Gasteiger partial charge in [-0.25, -0.2) is 9.48 Å². The van der Waals surface area contributed by atoms with Gasteiger partial charge < -0.3 is 9.29 Å². The first-order valence-electron chi connectivity index (χ1n) is 8.42. The fraction of sp³-hybridized carbons (Fsp3) is 0.111. The van der Waals surface area contributed by atoms with Gasteiger partial charge in [0.05, 0.1) is 16.4 Å². The van der Waals surface area contributed by atoms with Crippen molar-refractivity contribution in [2.24, 2.45) is 0 Å². The highest BCUT2D eigenvalue weighted by Crippen LogP contribution is 2.37. The number of carboxylic acids is 1. The first-order chi connectivity index (χ1) is 15.1. The molecule has 1 heterocycles. The molecule has 15 heteroatoms. The summed E-state index contributed by atoms with van der Waals surface area (Å²) < 4.78 is 105. The number of rotatable bonds is 5. The summed E-state index contributed by atoms with van der Waals surface area (Å²) in [6, 6.07) is 8.28. The van der Waals surface area contributed by atoms with Crippen molar-refractivity contribution in [3.8, 4) is 22.7 Å². The van der Waals surface area contributed by atoms with Crippen LogP contribution in [0.1, 0.15) is 16.1 Å². The summed E-state index contributed by atoms with van der Waals surface area (Å²) in [5.74, 6) is -3.09. The van der Waals surface area contributed by atoms with Gasteiger partial charge >= 0.3 is 27.8 Å². The molecule has 0 aliphatic rings. The number of carboxylic acid groups (broad SMARTS) is 1. The smallest absolute Gasteiger partial charge is 0.478 e. The molecule has 33 heavy (non-hydrogen) atoms. The Balaban J connectivity index is 2.21. The average molecular weight is 515 g/mol. The van der Waals surface area contributed by atoms with Crippen molar-refractivity contribution >= 4 is 27.7 Å². The highest BCUT2D eigenvalue weighted by Gasteiger charge is 2.49. The van der Waals surface area contributed by atoms with Gasteiger partial charge in [-0.1, -0.05) is 23.7 Å². The van der Waals surface area contributed by atoms with E-state index in [0.717, 1.165) is 10.7 Å². The number of hydrogen-bond acceptors (Lipinski definition) is 5. The highest BCUT2D eigenvalue weighted by molar-refractivity contribution is 7.88.